The molecule has 0 spiro atoms. The minimum absolute atomic E-state index is 0.142. The molecule has 2 aromatic carbocycles. The lowest BCUT2D eigenvalue weighted by molar-refractivity contribution is -0.119. The molecule has 23 heavy (non-hydrogen) atoms. The van der Waals surface area contributed by atoms with Crippen LogP contribution in [0.1, 0.15) is 12.8 Å². The smallest absolute Gasteiger partial charge is 0.322 e. The Morgan fingerprint density at radius 2 is 1.43 bits per heavy atom. The van der Waals surface area contributed by atoms with E-state index in [-0.39, 0.29) is 11.9 Å². The highest BCUT2D eigenvalue weighted by Gasteiger charge is 2.34. The van der Waals surface area contributed by atoms with E-state index in [1.165, 1.54) is 0 Å². The fourth-order valence-corrected chi connectivity index (χ4v) is 2.75. The van der Waals surface area contributed by atoms with Crippen LogP contribution in [0.5, 0.6) is 0 Å². The van der Waals surface area contributed by atoms with E-state index < -0.39 is 6.04 Å². The molecular weight excluding hydrogens is 290 g/mol. The van der Waals surface area contributed by atoms with Gasteiger partial charge in [-0.3, -0.25) is 4.79 Å². The number of rotatable bonds is 3. The van der Waals surface area contributed by atoms with E-state index in [4.69, 9.17) is 0 Å². The van der Waals surface area contributed by atoms with Gasteiger partial charge in [-0.05, 0) is 37.1 Å². The van der Waals surface area contributed by atoms with Crippen molar-refractivity contribution in [3.8, 4) is 0 Å². The van der Waals surface area contributed by atoms with Gasteiger partial charge in [0.2, 0.25) is 5.91 Å². The molecule has 0 unspecified atom stereocenters. The van der Waals surface area contributed by atoms with Gasteiger partial charge in [0, 0.05) is 17.9 Å². The monoisotopic (exact) mass is 309 g/mol. The van der Waals surface area contributed by atoms with E-state index in [1.807, 2.05) is 60.7 Å². The second-order valence-electron chi connectivity index (χ2n) is 5.50. The fourth-order valence-electron chi connectivity index (χ4n) is 2.75. The Balaban J connectivity index is 1.65. The largest absolute Gasteiger partial charge is 0.324 e. The molecule has 2 aromatic rings. The second kappa shape index (κ2) is 6.96. The van der Waals surface area contributed by atoms with Crippen molar-refractivity contribution in [2.24, 2.45) is 0 Å². The summed E-state index contributed by atoms with van der Waals surface area (Å²) in [5.74, 6) is -0.142. The van der Waals surface area contributed by atoms with E-state index >= 15 is 0 Å². The molecule has 0 aliphatic carbocycles. The van der Waals surface area contributed by atoms with Gasteiger partial charge in [-0.15, -0.1) is 0 Å². The molecule has 3 amide bonds. The Bertz CT molecular complexity index is 614. The highest BCUT2D eigenvalue weighted by molar-refractivity contribution is 5.99. The third kappa shape index (κ3) is 3.69. The van der Waals surface area contributed by atoms with Gasteiger partial charge in [0.1, 0.15) is 6.04 Å². The summed E-state index contributed by atoms with van der Waals surface area (Å²) < 4.78 is 0. The first-order valence-electron chi connectivity index (χ1n) is 7.72. The molecular formula is C18H19N3O2. The third-order valence-corrected chi connectivity index (χ3v) is 3.88. The van der Waals surface area contributed by atoms with Gasteiger partial charge in [-0.25, -0.2) is 4.79 Å². The molecule has 0 aromatic heterocycles. The topological polar surface area (TPSA) is 61.4 Å². The molecule has 1 atom stereocenters. The van der Waals surface area contributed by atoms with Crippen LogP contribution < -0.4 is 10.6 Å². The molecule has 1 fully saturated rings. The van der Waals surface area contributed by atoms with Gasteiger partial charge in [0.25, 0.3) is 0 Å². The molecule has 118 valence electrons. The summed E-state index contributed by atoms with van der Waals surface area (Å²) in [5, 5.41) is 5.71. The average molecular weight is 309 g/mol. The van der Waals surface area contributed by atoms with E-state index in [2.05, 4.69) is 10.6 Å². The summed E-state index contributed by atoms with van der Waals surface area (Å²) in [6, 6.07) is 17.9. The number of benzene rings is 2. The van der Waals surface area contributed by atoms with Crippen LogP contribution in [-0.2, 0) is 4.79 Å². The minimum atomic E-state index is -0.432. The number of likely N-dealkylation sites (tertiary alicyclic amines) is 1. The molecule has 0 radical (unpaired) electrons. The number of urea groups is 1. The van der Waals surface area contributed by atoms with Crippen LogP contribution in [0.25, 0.3) is 0 Å². The van der Waals surface area contributed by atoms with Gasteiger partial charge in [0.05, 0.1) is 0 Å². The van der Waals surface area contributed by atoms with Crippen LogP contribution >= 0.6 is 0 Å². The van der Waals surface area contributed by atoms with Gasteiger partial charge >= 0.3 is 6.03 Å². The zero-order chi connectivity index (χ0) is 16.1. The Kier molecular flexibility index (Phi) is 4.57. The molecule has 3 rings (SSSR count). The Labute approximate surface area is 135 Å². The number of anilines is 2. The second-order valence-corrected chi connectivity index (χ2v) is 5.50. The molecule has 1 aliphatic rings. The summed E-state index contributed by atoms with van der Waals surface area (Å²) in [4.78, 5) is 26.5. The lowest BCUT2D eigenvalue weighted by Gasteiger charge is -2.24. The van der Waals surface area contributed by atoms with E-state index in [0.29, 0.717) is 13.0 Å². The van der Waals surface area contributed by atoms with E-state index in [9.17, 15) is 9.59 Å². The Morgan fingerprint density at radius 1 is 0.870 bits per heavy atom. The number of amides is 3. The van der Waals surface area contributed by atoms with E-state index in [1.54, 1.807) is 4.90 Å². The number of nitrogens with one attached hydrogen (secondary N) is 2. The summed E-state index contributed by atoms with van der Waals surface area (Å²) >= 11 is 0. The van der Waals surface area contributed by atoms with Crippen molar-refractivity contribution >= 4 is 23.3 Å². The summed E-state index contributed by atoms with van der Waals surface area (Å²) in [5.41, 5.74) is 1.47. The lowest BCUT2D eigenvalue weighted by atomic mass is 10.2. The van der Waals surface area contributed by atoms with Crippen LogP contribution in [0.3, 0.4) is 0 Å². The van der Waals surface area contributed by atoms with Crippen molar-refractivity contribution in [2.45, 2.75) is 18.9 Å². The van der Waals surface area contributed by atoms with Crippen LogP contribution in [0.15, 0.2) is 60.7 Å². The summed E-state index contributed by atoms with van der Waals surface area (Å²) in [6.45, 7) is 0.589. The molecule has 5 nitrogen and oxygen atoms in total. The van der Waals surface area contributed by atoms with Gasteiger partial charge < -0.3 is 15.5 Å². The average Bonchev–Trinajstić information content (AvgIpc) is 3.06. The van der Waals surface area contributed by atoms with Crippen molar-refractivity contribution in [3.63, 3.8) is 0 Å². The third-order valence-electron chi connectivity index (χ3n) is 3.88. The first kappa shape index (κ1) is 15.1. The predicted molar refractivity (Wildman–Crippen MR) is 90.3 cm³/mol. The van der Waals surface area contributed by atoms with Crippen LogP contribution in [0.2, 0.25) is 0 Å². The van der Waals surface area contributed by atoms with Crippen molar-refractivity contribution in [1.29, 1.82) is 0 Å². The lowest BCUT2D eigenvalue weighted by Crippen LogP contribution is -2.45. The quantitative estimate of drug-likeness (QED) is 0.913. The highest BCUT2D eigenvalue weighted by Crippen LogP contribution is 2.20. The molecule has 5 heteroatoms. The van der Waals surface area contributed by atoms with Crippen LogP contribution in [-0.4, -0.2) is 29.4 Å². The normalized spacial score (nSPS) is 16.9. The van der Waals surface area contributed by atoms with Gasteiger partial charge in [0.15, 0.2) is 0 Å². The number of hydrogen-bond acceptors (Lipinski definition) is 2. The van der Waals surface area contributed by atoms with Crippen LogP contribution in [0.4, 0.5) is 16.2 Å². The maximum Gasteiger partial charge on any atom is 0.322 e. The maximum atomic E-state index is 12.4. The standard InChI is InChI=1S/C18H19N3O2/c22-17(19-14-8-3-1-4-9-14)16-12-7-13-21(16)18(23)20-15-10-5-2-6-11-15/h1-6,8-11,16H,7,12-13H2,(H,19,22)(H,20,23)/t16-/m0/s1. The fraction of sp³-hybridized carbons (Fsp3) is 0.222. The van der Waals surface area contributed by atoms with Crippen molar-refractivity contribution in [1.82, 2.24) is 4.90 Å². The van der Waals surface area contributed by atoms with Gasteiger partial charge in [-0.2, -0.15) is 0 Å². The zero-order valence-electron chi connectivity index (χ0n) is 12.7. The number of para-hydroxylation sites is 2. The Morgan fingerprint density at radius 3 is 2.04 bits per heavy atom. The molecule has 0 bridgehead atoms. The van der Waals surface area contributed by atoms with Crippen molar-refractivity contribution in [2.75, 3.05) is 17.2 Å². The zero-order valence-corrected chi connectivity index (χ0v) is 12.7. The summed E-state index contributed by atoms with van der Waals surface area (Å²) in [7, 11) is 0. The molecule has 1 heterocycles. The first-order chi connectivity index (χ1) is 11.2. The first-order valence-corrected chi connectivity index (χ1v) is 7.72. The molecule has 1 saturated heterocycles. The highest BCUT2D eigenvalue weighted by atomic mass is 16.2. The molecule has 0 saturated carbocycles. The number of carbonyl (C=O) groups excluding carboxylic acids is 2. The number of carbonyl (C=O) groups is 2. The Hall–Kier alpha value is -2.82. The summed E-state index contributed by atoms with van der Waals surface area (Å²) in [6.07, 6.45) is 1.51. The minimum Gasteiger partial charge on any atom is -0.324 e. The van der Waals surface area contributed by atoms with Gasteiger partial charge in [-0.1, -0.05) is 36.4 Å². The number of hydrogen-bond donors (Lipinski definition) is 2. The maximum absolute atomic E-state index is 12.4. The SMILES string of the molecule is O=C(Nc1ccccc1)[C@@H]1CCCN1C(=O)Nc1ccccc1. The van der Waals surface area contributed by atoms with Crippen molar-refractivity contribution < 1.29 is 9.59 Å². The molecule has 1 aliphatic heterocycles. The molecule has 2 N–H and O–H groups in total. The van der Waals surface area contributed by atoms with E-state index in [0.717, 1.165) is 17.8 Å². The van der Waals surface area contributed by atoms with Crippen molar-refractivity contribution in [3.05, 3.63) is 60.7 Å². The number of nitrogens with zero attached hydrogens (tertiary/aromatic N) is 1. The van der Waals surface area contributed by atoms with Crippen LogP contribution in [0, 0.1) is 0 Å². The predicted octanol–water partition coefficient (Wildman–Crippen LogP) is 3.32.